The highest BCUT2D eigenvalue weighted by molar-refractivity contribution is 4.65. The molecule has 0 aromatic heterocycles. The Balaban J connectivity index is 3.85. The normalized spacial score (nSPS) is 13.4. The maximum absolute atomic E-state index is 8.90. The van der Waals surface area contributed by atoms with Crippen LogP contribution in [0.1, 0.15) is 39.5 Å². The number of hydrogen-bond acceptors (Lipinski definition) is 3. The van der Waals surface area contributed by atoms with Gasteiger partial charge in [0.25, 0.3) is 0 Å². The summed E-state index contributed by atoms with van der Waals surface area (Å²) in [4.78, 5) is 2.16. The molecule has 0 aliphatic rings. The number of nitrogens with zero attached hydrogens (tertiary/aromatic N) is 1. The largest absolute Gasteiger partial charge is 0.395 e. The van der Waals surface area contributed by atoms with Crippen molar-refractivity contribution < 1.29 is 10.2 Å². The van der Waals surface area contributed by atoms with E-state index in [1.165, 1.54) is 25.7 Å². The van der Waals surface area contributed by atoms with Gasteiger partial charge in [0.1, 0.15) is 0 Å². The summed E-state index contributed by atoms with van der Waals surface area (Å²) in [6.45, 7) is 7.18. The Morgan fingerprint density at radius 2 is 1.67 bits per heavy atom. The quantitative estimate of drug-likeness (QED) is 0.582. The third-order valence-corrected chi connectivity index (χ3v) is 2.89. The van der Waals surface area contributed by atoms with Crippen LogP contribution in [0, 0.1) is 5.92 Å². The molecule has 15 heavy (non-hydrogen) atoms. The zero-order valence-corrected chi connectivity index (χ0v) is 10.3. The van der Waals surface area contributed by atoms with Gasteiger partial charge in [-0.15, -0.1) is 0 Å². The summed E-state index contributed by atoms with van der Waals surface area (Å²) in [5.74, 6) is 0.711. The lowest BCUT2D eigenvalue weighted by Crippen LogP contribution is -2.34. The molecule has 0 aromatic carbocycles. The molecule has 0 amide bonds. The second-order valence-electron chi connectivity index (χ2n) is 4.16. The minimum absolute atomic E-state index is 0.185. The van der Waals surface area contributed by atoms with Gasteiger partial charge in [0.05, 0.1) is 13.2 Å². The fraction of sp³-hybridized carbons (Fsp3) is 1.00. The first-order valence-corrected chi connectivity index (χ1v) is 6.22. The number of unbranched alkanes of at least 4 members (excludes halogenated alkanes) is 1. The van der Waals surface area contributed by atoms with Gasteiger partial charge in [0.2, 0.25) is 0 Å². The van der Waals surface area contributed by atoms with E-state index in [2.05, 4.69) is 18.7 Å². The second-order valence-corrected chi connectivity index (χ2v) is 4.16. The highest BCUT2D eigenvalue weighted by atomic mass is 16.3. The van der Waals surface area contributed by atoms with E-state index in [9.17, 15) is 0 Å². The molecule has 0 spiro atoms. The van der Waals surface area contributed by atoms with Crippen LogP contribution in [0.15, 0.2) is 0 Å². The van der Waals surface area contributed by atoms with Crippen LogP contribution in [-0.4, -0.2) is 48.0 Å². The molecule has 0 heterocycles. The van der Waals surface area contributed by atoms with Gasteiger partial charge in [0, 0.05) is 19.6 Å². The lowest BCUT2D eigenvalue weighted by Gasteiger charge is -2.25. The van der Waals surface area contributed by atoms with Crippen LogP contribution in [0.5, 0.6) is 0 Å². The molecule has 0 aliphatic heterocycles. The number of rotatable bonds is 10. The molecule has 0 unspecified atom stereocenters. The van der Waals surface area contributed by atoms with Crippen LogP contribution in [0.25, 0.3) is 0 Å². The van der Waals surface area contributed by atoms with Gasteiger partial charge in [-0.25, -0.2) is 0 Å². The van der Waals surface area contributed by atoms with Crippen LogP contribution >= 0.6 is 0 Å². The monoisotopic (exact) mass is 217 g/mol. The fourth-order valence-electron chi connectivity index (χ4n) is 1.86. The molecular weight excluding hydrogens is 190 g/mol. The number of aliphatic hydroxyl groups is 2. The van der Waals surface area contributed by atoms with Crippen LogP contribution < -0.4 is 0 Å². The van der Waals surface area contributed by atoms with Gasteiger partial charge in [-0.1, -0.05) is 33.1 Å². The predicted octanol–water partition coefficient (Wildman–Crippen LogP) is 1.49. The average molecular weight is 217 g/mol. The summed E-state index contributed by atoms with van der Waals surface area (Å²) in [6, 6.07) is 0. The van der Waals surface area contributed by atoms with Gasteiger partial charge < -0.3 is 10.2 Å². The van der Waals surface area contributed by atoms with Gasteiger partial charge in [0.15, 0.2) is 0 Å². The molecule has 0 radical (unpaired) electrons. The van der Waals surface area contributed by atoms with Crippen molar-refractivity contribution in [2.75, 3.05) is 32.8 Å². The van der Waals surface area contributed by atoms with Crippen LogP contribution in [0.2, 0.25) is 0 Å². The summed E-state index contributed by atoms with van der Waals surface area (Å²) in [7, 11) is 0. The van der Waals surface area contributed by atoms with Crippen molar-refractivity contribution in [1.82, 2.24) is 4.90 Å². The van der Waals surface area contributed by atoms with Crippen LogP contribution in [0.4, 0.5) is 0 Å². The Morgan fingerprint density at radius 3 is 2.07 bits per heavy atom. The molecule has 0 bridgehead atoms. The van der Waals surface area contributed by atoms with Crippen molar-refractivity contribution in [3.63, 3.8) is 0 Å². The van der Waals surface area contributed by atoms with Gasteiger partial charge in [-0.2, -0.15) is 0 Å². The molecule has 1 atom stereocenters. The third kappa shape index (κ3) is 7.77. The standard InChI is InChI=1S/C12H27NO2/c1-3-5-6-12(4-2)11-13(7-9-14)8-10-15/h12,14-15H,3-11H2,1-2H3/t12-/m0/s1. The van der Waals surface area contributed by atoms with E-state index >= 15 is 0 Å². The Hall–Kier alpha value is -0.120. The first kappa shape index (κ1) is 14.9. The van der Waals surface area contributed by atoms with Crippen molar-refractivity contribution in [3.05, 3.63) is 0 Å². The van der Waals surface area contributed by atoms with E-state index < -0.39 is 0 Å². The van der Waals surface area contributed by atoms with E-state index in [0.29, 0.717) is 19.0 Å². The lowest BCUT2D eigenvalue weighted by atomic mass is 9.99. The van der Waals surface area contributed by atoms with Crippen molar-refractivity contribution in [3.8, 4) is 0 Å². The molecule has 3 nitrogen and oxygen atoms in total. The van der Waals surface area contributed by atoms with Crippen molar-refractivity contribution >= 4 is 0 Å². The van der Waals surface area contributed by atoms with Crippen molar-refractivity contribution in [2.45, 2.75) is 39.5 Å². The maximum atomic E-state index is 8.90. The molecule has 2 N–H and O–H groups in total. The first-order valence-electron chi connectivity index (χ1n) is 6.22. The van der Waals surface area contributed by atoms with E-state index in [4.69, 9.17) is 10.2 Å². The Kier molecular flexibility index (Phi) is 10.3. The Morgan fingerprint density at radius 1 is 1.07 bits per heavy atom. The summed E-state index contributed by atoms with van der Waals surface area (Å²) in [6.07, 6.45) is 4.98. The molecule has 92 valence electrons. The summed E-state index contributed by atoms with van der Waals surface area (Å²) < 4.78 is 0. The maximum Gasteiger partial charge on any atom is 0.0558 e. The first-order chi connectivity index (χ1) is 7.28. The fourth-order valence-corrected chi connectivity index (χ4v) is 1.86. The molecule has 3 heteroatoms. The molecule has 0 aliphatic carbocycles. The molecular formula is C12H27NO2. The molecule has 0 rings (SSSR count). The predicted molar refractivity (Wildman–Crippen MR) is 63.9 cm³/mol. The minimum Gasteiger partial charge on any atom is -0.395 e. The topological polar surface area (TPSA) is 43.7 Å². The van der Waals surface area contributed by atoms with E-state index in [0.717, 1.165) is 6.54 Å². The van der Waals surface area contributed by atoms with E-state index in [-0.39, 0.29) is 13.2 Å². The SMILES string of the molecule is CCCC[C@H](CC)CN(CCO)CCO. The second kappa shape index (κ2) is 10.4. The average Bonchev–Trinajstić information content (AvgIpc) is 2.24. The summed E-state index contributed by atoms with van der Waals surface area (Å²) in [5, 5.41) is 17.8. The van der Waals surface area contributed by atoms with Gasteiger partial charge in [-0.05, 0) is 12.3 Å². The highest BCUT2D eigenvalue weighted by Crippen LogP contribution is 2.13. The zero-order chi connectivity index (χ0) is 11.5. The van der Waals surface area contributed by atoms with Crippen LogP contribution in [-0.2, 0) is 0 Å². The lowest BCUT2D eigenvalue weighted by molar-refractivity contribution is 0.140. The number of hydrogen-bond donors (Lipinski definition) is 2. The highest BCUT2D eigenvalue weighted by Gasteiger charge is 2.11. The molecule has 0 aromatic rings. The smallest absolute Gasteiger partial charge is 0.0558 e. The number of aliphatic hydroxyl groups excluding tert-OH is 2. The Labute approximate surface area is 94.1 Å². The molecule has 0 saturated heterocycles. The summed E-state index contributed by atoms with van der Waals surface area (Å²) in [5.41, 5.74) is 0. The minimum atomic E-state index is 0.185. The summed E-state index contributed by atoms with van der Waals surface area (Å²) >= 11 is 0. The van der Waals surface area contributed by atoms with Gasteiger partial charge in [-0.3, -0.25) is 4.90 Å². The molecule has 0 saturated carbocycles. The van der Waals surface area contributed by atoms with E-state index in [1.54, 1.807) is 0 Å². The van der Waals surface area contributed by atoms with Gasteiger partial charge >= 0.3 is 0 Å². The molecule has 0 fully saturated rings. The third-order valence-electron chi connectivity index (χ3n) is 2.89. The van der Waals surface area contributed by atoms with Crippen LogP contribution in [0.3, 0.4) is 0 Å². The van der Waals surface area contributed by atoms with Crippen molar-refractivity contribution in [2.24, 2.45) is 5.92 Å². The van der Waals surface area contributed by atoms with E-state index in [1.807, 2.05) is 0 Å². The Bertz CT molecular complexity index is 125. The van der Waals surface area contributed by atoms with Crippen molar-refractivity contribution in [1.29, 1.82) is 0 Å². The zero-order valence-electron chi connectivity index (χ0n) is 10.3.